The Hall–Kier alpha value is 0.821. The van der Waals surface area contributed by atoms with Gasteiger partial charge in [0.05, 0.1) is 0 Å². The molecule has 0 amide bonds. The van der Waals surface area contributed by atoms with Crippen LogP contribution in [0.5, 0.6) is 0 Å². The smallest absolute Gasteiger partial charge is 1.00 e. The quantitative estimate of drug-likeness (QED) is 0.567. The van der Waals surface area contributed by atoms with E-state index in [0.717, 1.165) is 6.42 Å². The topological polar surface area (TPSA) is 0 Å². The average molecular weight is 436 g/mol. The Morgan fingerprint density at radius 2 is 1.75 bits per heavy atom. The van der Waals surface area contributed by atoms with Gasteiger partial charge < -0.3 is 24.8 Å². The zero-order valence-corrected chi connectivity index (χ0v) is 20.8. The van der Waals surface area contributed by atoms with Gasteiger partial charge in [0.1, 0.15) is 0 Å². The zero-order valence-electron chi connectivity index (χ0n) is 15.9. The maximum atomic E-state index is 2.59. The minimum Gasteiger partial charge on any atom is -1.00 e. The molecule has 0 saturated carbocycles. The Kier molecular flexibility index (Phi) is 8.97. The molecule has 0 spiro atoms. The summed E-state index contributed by atoms with van der Waals surface area (Å²) in [5.74, 6) is 0. The van der Waals surface area contributed by atoms with Crippen molar-refractivity contribution in [3.05, 3.63) is 44.5 Å². The molecular weight excluding hydrogens is 407 g/mol. The molecule has 0 aromatic heterocycles. The van der Waals surface area contributed by atoms with Gasteiger partial charge in [-0.05, 0) is 0 Å². The summed E-state index contributed by atoms with van der Waals surface area (Å²) >= 11 is 4.55. The van der Waals surface area contributed by atoms with Gasteiger partial charge in [-0.2, -0.15) is 0 Å². The number of hydrogen-bond acceptors (Lipinski definition) is 1. The molecule has 0 saturated heterocycles. The van der Waals surface area contributed by atoms with Crippen LogP contribution in [0.15, 0.2) is 44.5 Å². The molecule has 2 aliphatic rings. The largest absolute Gasteiger partial charge is 1.00 e. The van der Waals surface area contributed by atoms with Crippen LogP contribution >= 0.6 is 11.8 Å². The summed E-state index contributed by atoms with van der Waals surface area (Å²) in [7, 11) is -1.64. The van der Waals surface area contributed by atoms with Gasteiger partial charge in [-0.25, -0.2) is 0 Å². The van der Waals surface area contributed by atoms with E-state index in [1.54, 1.807) is 14.6 Å². The van der Waals surface area contributed by atoms with Crippen LogP contribution in [0.1, 0.15) is 47.5 Å². The van der Waals surface area contributed by atoms with Crippen molar-refractivity contribution in [3.8, 4) is 0 Å². The third kappa shape index (κ3) is 4.75. The van der Waals surface area contributed by atoms with E-state index in [-0.39, 0.29) is 33.9 Å². The molecule has 133 valence electrons. The number of thioether (sulfide) groups is 1. The number of allylic oxidation sites excluding steroid dienone is 7. The van der Waals surface area contributed by atoms with Gasteiger partial charge in [0.25, 0.3) is 0 Å². The Morgan fingerprint density at radius 1 is 1.17 bits per heavy atom. The second kappa shape index (κ2) is 8.67. The Morgan fingerprint density at radius 3 is 2.17 bits per heavy atom. The maximum absolute atomic E-state index is 2.59. The van der Waals surface area contributed by atoms with E-state index in [9.17, 15) is 0 Å². The molecular formula is C19H29Cl2SSiTi. The molecule has 1 atom stereocenters. The molecule has 2 rings (SSSR count). The monoisotopic (exact) mass is 435 g/mol. The minimum absolute atomic E-state index is 0. The molecule has 0 aliphatic heterocycles. The van der Waals surface area contributed by atoms with E-state index in [4.69, 9.17) is 0 Å². The number of halogens is 2. The molecule has 2 aliphatic carbocycles. The predicted octanol–water partition coefficient (Wildman–Crippen LogP) is 0.109. The summed E-state index contributed by atoms with van der Waals surface area (Å²) < 4.78 is 2.15. The van der Waals surface area contributed by atoms with Gasteiger partial charge in [-0.15, -0.1) is 0 Å². The molecule has 1 unspecified atom stereocenters. The van der Waals surface area contributed by atoms with Gasteiger partial charge in [0.2, 0.25) is 0 Å². The molecule has 0 bridgehead atoms. The van der Waals surface area contributed by atoms with Crippen LogP contribution in [0.4, 0.5) is 0 Å². The van der Waals surface area contributed by atoms with Gasteiger partial charge in [0, 0.05) is 0 Å². The molecule has 0 aromatic carbocycles. The first-order valence-electron chi connectivity index (χ1n) is 8.17. The van der Waals surface area contributed by atoms with Crippen molar-refractivity contribution in [3.63, 3.8) is 0 Å². The van der Waals surface area contributed by atoms with E-state index >= 15 is 0 Å². The van der Waals surface area contributed by atoms with Crippen molar-refractivity contribution < 1.29 is 45.2 Å². The van der Waals surface area contributed by atoms with Crippen molar-refractivity contribution in [1.29, 1.82) is 0 Å². The van der Waals surface area contributed by atoms with Gasteiger partial charge in [-0.3, -0.25) is 0 Å². The van der Waals surface area contributed by atoms with Gasteiger partial charge in [-0.1, -0.05) is 0 Å². The van der Waals surface area contributed by atoms with Crippen LogP contribution in [0.25, 0.3) is 0 Å². The fourth-order valence-electron chi connectivity index (χ4n) is 3.81. The van der Waals surface area contributed by atoms with Crippen LogP contribution in [0.2, 0.25) is 13.1 Å². The Labute approximate surface area is 178 Å². The summed E-state index contributed by atoms with van der Waals surface area (Å²) in [6, 6.07) is 0. The first-order chi connectivity index (χ1) is 9.99. The first kappa shape index (κ1) is 24.8. The fourth-order valence-corrected chi connectivity index (χ4v) is 12.8. The van der Waals surface area contributed by atoms with Gasteiger partial charge >= 0.3 is 154 Å². The third-order valence-electron chi connectivity index (χ3n) is 4.89. The van der Waals surface area contributed by atoms with Crippen LogP contribution in [0.3, 0.4) is 0 Å². The molecule has 0 N–H and O–H groups in total. The van der Waals surface area contributed by atoms with E-state index in [1.165, 1.54) is 12.0 Å². The maximum Gasteiger partial charge on any atom is -1.00 e. The van der Waals surface area contributed by atoms with Crippen LogP contribution < -0.4 is 24.8 Å². The minimum atomic E-state index is -1.64. The summed E-state index contributed by atoms with van der Waals surface area (Å²) in [6.07, 6.45) is 12.0. The van der Waals surface area contributed by atoms with Crippen molar-refractivity contribution >= 4 is 19.8 Å². The Balaban J connectivity index is 0.00000264. The summed E-state index contributed by atoms with van der Waals surface area (Å²) in [5.41, 5.74) is 3.02. The second-order valence-electron chi connectivity index (χ2n) is 8.14. The molecule has 0 aromatic rings. The SMILES string of the molecule is CC1=CCC(SC(C)(C)C)([Si](C)(C)C2=[C]([Ti+2])CC=C2)C(C)=C1.[Cl-].[Cl-]. The Bertz CT molecular complexity index is 597. The van der Waals surface area contributed by atoms with Crippen molar-refractivity contribution in [2.24, 2.45) is 0 Å². The number of rotatable bonds is 3. The molecule has 0 nitrogen and oxygen atoms in total. The fraction of sp³-hybridized carbons (Fsp3) is 0.579. The van der Waals surface area contributed by atoms with E-state index in [2.05, 4.69) is 104 Å². The first-order valence-corrected chi connectivity index (χ1v) is 12.8. The average Bonchev–Trinajstić information content (AvgIpc) is 2.78. The van der Waals surface area contributed by atoms with Gasteiger partial charge in [0.15, 0.2) is 0 Å². The normalized spacial score (nSPS) is 24.2. The third-order valence-corrected chi connectivity index (χ3v) is 13.7. The summed E-state index contributed by atoms with van der Waals surface area (Å²) in [4.78, 5) is 0. The predicted molar refractivity (Wildman–Crippen MR) is 100 cm³/mol. The molecule has 5 heteroatoms. The standard InChI is InChI=1S/C19H29SSi.2ClH.Ti/c1-15-12-13-19(16(2)14-15,20-18(3,4)5)21(6,7)17-10-8-9-11-17;;;/h8,10,12,14H,9,13H2,1-7H3;2*1H;/q;;;+2/p-2. The van der Waals surface area contributed by atoms with E-state index < -0.39 is 8.07 Å². The van der Waals surface area contributed by atoms with Crippen LogP contribution in [-0.2, 0) is 20.4 Å². The summed E-state index contributed by atoms with van der Waals surface area (Å²) in [6.45, 7) is 16.9. The van der Waals surface area contributed by atoms with E-state index in [0.29, 0.717) is 0 Å². The second-order valence-corrected chi connectivity index (χ2v) is 16.2. The molecule has 0 fully saturated rings. The van der Waals surface area contributed by atoms with E-state index in [1.807, 2.05) is 0 Å². The molecule has 0 heterocycles. The van der Waals surface area contributed by atoms with Crippen LogP contribution in [-0.4, -0.2) is 17.2 Å². The zero-order chi connectivity index (χ0) is 16.8. The van der Waals surface area contributed by atoms with Crippen LogP contribution in [0, 0.1) is 0 Å². The summed E-state index contributed by atoms with van der Waals surface area (Å²) in [5, 5.41) is 1.69. The van der Waals surface area contributed by atoms with Crippen molar-refractivity contribution in [2.45, 2.75) is 69.7 Å². The van der Waals surface area contributed by atoms with Crippen molar-refractivity contribution in [1.82, 2.24) is 0 Å². The molecule has 24 heavy (non-hydrogen) atoms. The molecule has 0 radical (unpaired) electrons. The van der Waals surface area contributed by atoms with Crippen molar-refractivity contribution in [2.75, 3.05) is 0 Å². The number of hydrogen-bond donors (Lipinski definition) is 0.